The molecule has 0 bridgehead atoms. The Kier molecular flexibility index (Phi) is 4.83. The molecule has 1 heterocycles. The highest BCUT2D eigenvalue weighted by Crippen LogP contribution is 2.22. The molecule has 0 unspecified atom stereocenters. The molecule has 24 heavy (non-hydrogen) atoms. The number of nitrogens with zero attached hydrogens (tertiary/aromatic N) is 2. The number of aromatic carboxylic acids is 1. The van der Waals surface area contributed by atoms with Crippen LogP contribution < -0.4 is 11.2 Å². The second kappa shape index (κ2) is 6.52. The maximum Gasteiger partial charge on any atom is 0.340 e. The quantitative estimate of drug-likeness (QED) is 0.905. The molecule has 0 aliphatic heterocycles. The van der Waals surface area contributed by atoms with Gasteiger partial charge in [0.05, 0.1) is 16.3 Å². The Morgan fingerprint density at radius 2 is 1.92 bits per heavy atom. The van der Waals surface area contributed by atoms with Gasteiger partial charge in [-0.2, -0.15) is 8.78 Å². The van der Waals surface area contributed by atoms with Gasteiger partial charge in [-0.3, -0.25) is 4.79 Å². The molecular weight excluding hydrogens is 353 g/mol. The molecule has 1 N–H and O–H groups in total. The third-order valence-corrected chi connectivity index (χ3v) is 3.60. The minimum Gasteiger partial charge on any atom is -0.478 e. The van der Waals surface area contributed by atoms with Gasteiger partial charge >= 0.3 is 18.2 Å². The fraction of sp³-hybridized carbons (Fsp3) is 0.214. The Bertz CT molecular complexity index is 937. The molecular formula is C14H10ClF3N2O4. The molecule has 1 aromatic carbocycles. The van der Waals surface area contributed by atoms with Crippen molar-refractivity contribution in [2.24, 2.45) is 0 Å². The van der Waals surface area contributed by atoms with E-state index in [1.807, 2.05) is 0 Å². The Morgan fingerprint density at radius 3 is 2.42 bits per heavy atom. The molecule has 2 aromatic rings. The van der Waals surface area contributed by atoms with Crippen LogP contribution in [-0.4, -0.2) is 20.2 Å². The molecule has 0 fully saturated rings. The van der Waals surface area contributed by atoms with Gasteiger partial charge in [-0.15, -0.1) is 0 Å². The van der Waals surface area contributed by atoms with Crippen molar-refractivity contribution < 1.29 is 23.1 Å². The average molecular weight is 363 g/mol. The molecule has 0 atom stereocenters. The summed E-state index contributed by atoms with van der Waals surface area (Å²) in [6.45, 7) is -1.79. The fourth-order valence-corrected chi connectivity index (χ4v) is 2.41. The summed E-state index contributed by atoms with van der Waals surface area (Å²) >= 11 is 5.58. The van der Waals surface area contributed by atoms with Gasteiger partial charge in [0.25, 0.3) is 5.56 Å². The minimum atomic E-state index is -3.26. The van der Waals surface area contributed by atoms with Gasteiger partial charge in [-0.1, -0.05) is 18.5 Å². The number of carbonyl (C=O) groups is 1. The standard InChI is InChI=1S/C14H10ClF3N2O4/c1-2-6-3-11(21)20(14(24)19(6)13(17)18)10-4-7(12(22)23)8(15)5-9(10)16/h3-5,13H,2H2,1H3,(H,22,23). The van der Waals surface area contributed by atoms with Gasteiger partial charge in [0.1, 0.15) is 5.82 Å². The third kappa shape index (κ3) is 2.94. The van der Waals surface area contributed by atoms with Crippen molar-refractivity contribution in [3.05, 3.63) is 61.1 Å². The molecule has 0 aliphatic rings. The number of hydrogen-bond donors (Lipinski definition) is 1. The lowest BCUT2D eigenvalue weighted by molar-refractivity contribution is 0.0606. The lowest BCUT2D eigenvalue weighted by Gasteiger charge is -2.14. The third-order valence-electron chi connectivity index (χ3n) is 3.28. The number of hydrogen-bond acceptors (Lipinski definition) is 3. The van der Waals surface area contributed by atoms with Crippen LogP contribution in [0.3, 0.4) is 0 Å². The molecule has 10 heteroatoms. The first kappa shape index (κ1) is 17.8. The number of alkyl halides is 2. The molecule has 0 saturated heterocycles. The monoisotopic (exact) mass is 362 g/mol. The number of aromatic nitrogens is 2. The molecule has 0 amide bonds. The van der Waals surface area contributed by atoms with Gasteiger partial charge < -0.3 is 5.11 Å². The Labute approximate surface area is 137 Å². The van der Waals surface area contributed by atoms with E-state index in [1.54, 1.807) is 0 Å². The Morgan fingerprint density at radius 1 is 1.29 bits per heavy atom. The van der Waals surface area contributed by atoms with E-state index < -0.39 is 45.9 Å². The first-order valence-corrected chi connectivity index (χ1v) is 6.95. The summed E-state index contributed by atoms with van der Waals surface area (Å²) in [5, 5.41) is 8.53. The van der Waals surface area contributed by atoms with Crippen LogP contribution in [0.15, 0.2) is 27.8 Å². The number of carboxylic acid groups (broad SMARTS) is 1. The average Bonchev–Trinajstić information content (AvgIpc) is 2.47. The zero-order valence-electron chi connectivity index (χ0n) is 12.1. The van der Waals surface area contributed by atoms with Crippen LogP contribution in [0.25, 0.3) is 5.69 Å². The number of carboxylic acids is 1. The SMILES string of the molecule is CCc1cc(=O)n(-c2cc(C(=O)O)c(Cl)cc2F)c(=O)n1C(F)F. The summed E-state index contributed by atoms with van der Waals surface area (Å²) in [7, 11) is 0. The van der Waals surface area contributed by atoms with Crippen molar-refractivity contribution in [2.75, 3.05) is 0 Å². The van der Waals surface area contributed by atoms with Gasteiger partial charge in [-0.25, -0.2) is 23.1 Å². The van der Waals surface area contributed by atoms with Crippen LogP contribution in [0.1, 0.15) is 29.5 Å². The second-order valence-electron chi connectivity index (χ2n) is 4.68. The summed E-state index contributed by atoms with van der Waals surface area (Å²) in [4.78, 5) is 35.4. The van der Waals surface area contributed by atoms with Crippen molar-refractivity contribution in [3.8, 4) is 5.69 Å². The number of aryl methyl sites for hydroxylation is 1. The lowest BCUT2D eigenvalue weighted by Crippen LogP contribution is -2.40. The van der Waals surface area contributed by atoms with Crippen LogP contribution in [-0.2, 0) is 6.42 Å². The van der Waals surface area contributed by atoms with Crippen molar-refractivity contribution >= 4 is 17.6 Å². The molecule has 2 rings (SSSR count). The topological polar surface area (TPSA) is 81.3 Å². The predicted octanol–water partition coefficient (Wildman–Crippen LogP) is 2.45. The Hall–Kier alpha value is -2.55. The van der Waals surface area contributed by atoms with Gasteiger partial charge in [0.2, 0.25) is 0 Å². The summed E-state index contributed by atoms with van der Waals surface area (Å²) < 4.78 is 40.5. The number of rotatable bonds is 4. The summed E-state index contributed by atoms with van der Waals surface area (Å²) in [5.41, 5.74) is -4.13. The predicted molar refractivity (Wildman–Crippen MR) is 78.9 cm³/mol. The van der Waals surface area contributed by atoms with Crippen LogP contribution in [0, 0.1) is 5.82 Å². The highest BCUT2D eigenvalue weighted by molar-refractivity contribution is 6.33. The van der Waals surface area contributed by atoms with Crippen molar-refractivity contribution in [1.82, 2.24) is 9.13 Å². The zero-order chi connectivity index (χ0) is 18.2. The first-order valence-electron chi connectivity index (χ1n) is 6.57. The minimum absolute atomic E-state index is 0.0286. The van der Waals surface area contributed by atoms with E-state index >= 15 is 0 Å². The summed E-state index contributed by atoms with van der Waals surface area (Å²) in [5.74, 6) is -2.73. The maximum atomic E-state index is 14.1. The van der Waals surface area contributed by atoms with Crippen LogP contribution in [0.5, 0.6) is 0 Å². The van der Waals surface area contributed by atoms with Gasteiger partial charge in [0, 0.05) is 11.8 Å². The molecule has 0 spiro atoms. The zero-order valence-corrected chi connectivity index (χ0v) is 12.9. The number of benzene rings is 1. The highest BCUT2D eigenvalue weighted by Gasteiger charge is 2.22. The molecule has 6 nitrogen and oxygen atoms in total. The van der Waals surface area contributed by atoms with E-state index in [0.29, 0.717) is 12.1 Å². The first-order chi connectivity index (χ1) is 11.2. The second-order valence-corrected chi connectivity index (χ2v) is 5.09. The van der Waals surface area contributed by atoms with E-state index in [2.05, 4.69) is 0 Å². The molecule has 0 saturated carbocycles. The summed E-state index contributed by atoms with van der Waals surface area (Å²) in [6, 6.07) is 2.00. The maximum absolute atomic E-state index is 14.1. The number of halogens is 4. The van der Waals surface area contributed by atoms with Gasteiger partial charge in [-0.05, 0) is 18.6 Å². The normalized spacial score (nSPS) is 11.1. The molecule has 128 valence electrons. The van der Waals surface area contributed by atoms with Crippen LogP contribution >= 0.6 is 11.6 Å². The molecule has 1 aromatic heterocycles. The summed E-state index contributed by atoms with van der Waals surface area (Å²) in [6.07, 6.45) is -0.0286. The van der Waals surface area contributed by atoms with Crippen molar-refractivity contribution in [1.29, 1.82) is 0 Å². The van der Waals surface area contributed by atoms with E-state index in [9.17, 15) is 27.6 Å². The van der Waals surface area contributed by atoms with E-state index in [-0.39, 0.29) is 21.2 Å². The molecule has 0 aliphatic carbocycles. The lowest BCUT2D eigenvalue weighted by atomic mass is 10.2. The smallest absolute Gasteiger partial charge is 0.340 e. The van der Waals surface area contributed by atoms with E-state index in [0.717, 1.165) is 6.07 Å². The van der Waals surface area contributed by atoms with E-state index in [1.165, 1.54) is 6.92 Å². The van der Waals surface area contributed by atoms with Crippen LogP contribution in [0.4, 0.5) is 13.2 Å². The van der Waals surface area contributed by atoms with Crippen molar-refractivity contribution in [3.63, 3.8) is 0 Å². The van der Waals surface area contributed by atoms with Gasteiger partial charge in [0.15, 0.2) is 0 Å². The highest BCUT2D eigenvalue weighted by atomic mass is 35.5. The molecule has 0 radical (unpaired) electrons. The Balaban J connectivity index is 2.91. The van der Waals surface area contributed by atoms with E-state index in [4.69, 9.17) is 16.7 Å². The van der Waals surface area contributed by atoms with Crippen molar-refractivity contribution in [2.45, 2.75) is 19.9 Å². The van der Waals surface area contributed by atoms with Crippen LogP contribution in [0.2, 0.25) is 5.02 Å². The largest absolute Gasteiger partial charge is 0.478 e. The fourth-order valence-electron chi connectivity index (χ4n) is 2.18.